The molecule has 8 heteroatoms. The summed E-state index contributed by atoms with van der Waals surface area (Å²) >= 11 is 10.5. The SMILES string of the molecule is CNC(=S)OCCSCc1ncccc1C.NC(O)=S. The molecular formula is C12H19N3O2S3. The van der Waals surface area contributed by atoms with Crippen LogP contribution in [0.5, 0.6) is 0 Å². The van der Waals surface area contributed by atoms with Crippen molar-refractivity contribution in [2.75, 3.05) is 19.4 Å². The van der Waals surface area contributed by atoms with Crippen molar-refractivity contribution in [2.45, 2.75) is 12.7 Å². The number of hydrogen-bond acceptors (Lipinski definition) is 5. The molecule has 0 bridgehead atoms. The van der Waals surface area contributed by atoms with Crippen LogP contribution in [0, 0.1) is 6.92 Å². The van der Waals surface area contributed by atoms with Crippen LogP contribution in [0.3, 0.4) is 0 Å². The van der Waals surface area contributed by atoms with Crippen LogP contribution < -0.4 is 11.1 Å². The van der Waals surface area contributed by atoms with Crippen molar-refractivity contribution < 1.29 is 9.84 Å². The van der Waals surface area contributed by atoms with Gasteiger partial charge >= 0.3 is 0 Å². The molecule has 112 valence electrons. The molecule has 0 aliphatic carbocycles. The van der Waals surface area contributed by atoms with E-state index < -0.39 is 5.17 Å². The third-order valence-electron chi connectivity index (χ3n) is 2.02. The summed E-state index contributed by atoms with van der Waals surface area (Å²) in [6.07, 6.45) is 1.83. The highest BCUT2D eigenvalue weighted by atomic mass is 32.2. The Balaban J connectivity index is 0.000000796. The molecule has 0 atom stereocenters. The first kappa shape index (κ1) is 18.9. The zero-order valence-electron chi connectivity index (χ0n) is 11.5. The van der Waals surface area contributed by atoms with Crippen molar-refractivity contribution in [3.63, 3.8) is 0 Å². The largest absolute Gasteiger partial charge is 0.487 e. The third kappa shape index (κ3) is 10.8. The number of ether oxygens (including phenoxy) is 1. The van der Waals surface area contributed by atoms with Gasteiger partial charge in [-0.05, 0) is 43.0 Å². The Morgan fingerprint density at radius 2 is 2.20 bits per heavy atom. The molecule has 1 rings (SSSR count). The van der Waals surface area contributed by atoms with Gasteiger partial charge in [0.1, 0.15) is 0 Å². The van der Waals surface area contributed by atoms with Crippen LogP contribution in [0.1, 0.15) is 11.3 Å². The number of nitrogens with two attached hydrogens (primary N) is 1. The Hall–Kier alpha value is -1.12. The van der Waals surface area contributed by atoms with Gasteiger partial charge < -0.3 is 20.9 Å². The van der Waals surface area contributed by atoms with Crippen LogP contribution in [-0.2, 0) is 10.5 Å². The molecule has 0 saturated carbocycles. The monoisotopic (exact) mass is 333 g/mol. The van der Waals surface area contributed by atoms with Crippen LogP contribution in [0.25, 0.3) is 0 Å². The number of aryl methyl sites for hydroxylation is 1. The lowest BCUT2D eigenvalue weighted by Gasteiger charge is -2.06. The molecule has 4 N–H and O–H groups in total. The van der Waals surface area contributed by atoms with Gasteiger partial charge in [0.2, 0.25) is 0 Å². The number of rotatable bonds is 5. The van der Waals surface area contributed by atoms with Crippen LogP contribution in [0.4, 0.5) is 0 Å². The average molecular weight is 334 g/mol. The lowest BCUT2D eigenvalue weighted by atomic mass is 10.2. The number of aliphatic hydroxyl groups excluding tert-OH is 1. The van der Waals surface area contributed by atoms with E-state index in [4.69, 9.17) is 22.1 Å². The molecule has 0 radical (unpaired) electrons. The maximum atomic E-state index is 7.56. The molecule has 1 aromatic rings. The van der Waals surface area contributed by atoms with E-state index in [0.717, 1.165) is 17.2 Å². The van der Waals surface area contributed by atoms with E-state index in [2.05, 4.69) is 41.2 Å². The van der Waals surface area contributed by atoms with Crippen molar-refractivity contribution in [3.05, 3.63) is 29.6 Å². The normalized spacial score (nSPS) is 9.10. The first-order valence-electron chi connectivity index (χ1n) is 5.78. The number of thioether (sulfide) groups is 1. The van der Waals surface area contributed by atoms with E-state index in [1.165, 1.54) is 5.56 Å². The molecule has 5 nitrogen and oxygen atoms in total. The van der Waals surface area contributed by atoms with Gasteiger partial charge in [-0.1, -0.05) is 6.07 Å². The predicted molar refractivity (Wildman–Crippen MR) is 92.2 cm³/mol. The number of aliphatic hydroxyl groups is 1. The first-order chi connectivity index (χ1) is 9.47. The fraction of sp³-hybridized carbons (Fsp3) is 0.417. The molecule has 0 fully saturated rings. The zero-order valence-corrected chi connectivity index (χ0v) is 13.9. The summed E-state index contributed by atoms with van der Waals surface area (Å²) in [6, 6.07) is 4.04. The summed E-state index contributed by atoms with van der Waals surface area (Å²) < 4.78 is 5.24. The third-order valence-corrected chi connectivity index (χ3v) is 3.28. The van der Waals surface area contributed by atoms with Gasteiger partial charge in [-0.2, -0.15) is 11.8 Å². The maximum Gasteiger partial charge on any atom is 0.256 e. The molecule has 0 aliphatic heterocycles. The second-order valence-electron chi connectivity index (χ2n) is 3.54. The molecule has 1 aromatic heterocycles. The highest BCUT2D eigenvalue weighted by molar-refractivity contribution is 7.98. The summed E-state index contributed by atoms with van der Waals surface area (Å²) in [7, 11) is 1.76. The number of nitrogens with zero attached hydrogens (tertiary/aromatic N) is 1. The van der Waals surface area contributed by atoms with Crippen molar-refractivity contribution >= 4 is 46.5 Å². The van der Waals surface area contributed by atoms with Crippen LogP contribution in [0.2, 0.25) is 0 Å². The molecule has 0 aliphatic rings. The summed E-state index contributed by atoms with van der Waals surface area (Å²) in [4.78, 5) is 4.33. The van der Waals surface area contributed by atoms with Crippen molar-refractivity contribution in [2.24, 2.45) is 5.73 Å². The van der Waals surface area contributed by atoms with Gasteiger partial charge in [0.05, 0.1) is 12.3 Å². The number of aromatic nitrogens is 1. The lowest BCUT2D eigenvalue weighted by molar-refractivity contribution is 0.327. The number of hydrogen-bond donors (Lipinski definition) is 3. The molecule has 0 spiro atoms. The molecule has 0 amide bonds. The summed E-state index contributed by atoms with van der Waals surface area (Å²) in [5.74, 6) is 1.83. The summed E-state index contributed by atoms with van der Waals surface area (Å²) in [5.41, 5.74) is 6.78. The van der Waals surface area contributed by atoms with Crippen LogP contribution in [-0.4, -0.2) is 39.8 Å². The van der Waals surface area contributed by atoms with Gasteiger partial charge in [0, 0.05) is 24.8 Å². The molecule has 0 saturated heterocycles. The van der Waals surface area contributed by atoms with Gasteiger partial charge in [0.15, 0.2) is 0 Å². The Labute approximate surface area is 134 Å². The molecule has 0 unspecified atom stereocenters. The van der Waals surface area contributed by atoms with E-state index in [0.29, 0.717) is 11.8 Å². The zero-order chi connectivity index (χ0) is 15.4. The van der Waals surface area contributed by atoms with Gasteiger partial charge in [-0.15, -0.1) is 0 Å². The number of thiocarbonyl (C=S) groups is 2. The van der Waals surface area contributed by atoms with E-state index in [-0.39, 0.29) is 0 Å². The van der Waals surface area contributed by atoms with E-state index >= 15 is 0 Å². The fourth-order valence-corrected chi connectivity index (χ4v) is 2.03. The maximum absolute atomic E-state index is 7.56. The topological polar surface area (TPSA) is 80.4 Å². The average Bonchev–Trinajstić information content (AvgIpc) is 2.39. The van der Waals surface area contributed by atoms with Crippen LogP contribution >= 0.6 is 36.2 Å². The van der Waals surface area contributed by atoms with E-state index in [1.54, 1.807) is 18.8 Å². The first-order valence-corrected chi connectivity index (χ1v) is 7.75. The minimum Gasteiger partial charge on any atom is -0.487 e. The second-order valence-corrected chi connectivity index (χ2v) is 5.44. The Morgan fingerprint density at radius 3 is 2.75 bits per heavy atom. The Bertz CT molecular complexity index is 426. The summed E-state index contributed by atoms with van der Waals surface area (Å²) in [6.45, 7) is 2.71. The van der Waals surface area contributed by atoms with E-state index in [9.17, 15) is 0 Å². The standard InChI is InChI=1S/C11H16N2OS2.CH3NOS/c1-9-4-3-5-13-10(9)8-16-7-6-14-11(15)12-2;2-1(3)4/h3-5H,6-8H2,1-2H3,(H,12,15);(H3,2,3,4). The van der Waals surface area contributed by atoms with E-state index in [1.807, 2.05) is 12.3 Å². The van der Waals surface area contributed by atoms with Gasteiger partial charge in [-0.25, -0.2) is 0 Å². The van der Waals surface area contributed by atoms with Gasteiger partial charge in [-0.3, -0.25) is 4.98 Å². The molecule has 1 heterocycles. The van der Waals surface area contributed by atoms with Crippen molar-refractivity contribution in [1.29, 1.82) is 0 Å². The molecule has 0 aromatic carbocycles. The number of pyridine rings is 1. The highest BCUT2D eigenvalue weighted by Gasteiger charge is 1.99. The Morgan fingerprint density at radius 1 is 1.55 bits per heavy atom. The van der Waals surface area contributed by atoms with Crippen molar-refractivity contribution in [1.82, 2.24) is 10.3 Å². The highest BCUT2D eigenvalue weighted by Crippen LogP contribution is 2.12. The predicted octanol–water partition coefficient (Wildman–Crippen LogP) is 1.93. The fourth-order valence-electron chi connectivity index (χ4n) is 1.10. The van der Waals surface area contributed by atoms with Crippen molar-refractivity contribution in [3.8, 4) is 0 Å². The molecule has 20 heavy (non-hydrogen) atoms. The molecular weight excluding hydrogens is 314 g/mol. The smallest absolute Gasteiger partial charge is 0.256 e. The minimum absolute atomic E-state index is 0.453. The van der Waals surface area contributed by atoms with Gasteiger partial charge in [0.25, 0.3) is 10.3 Å². The summed E-state index contributed by atoms with van der Waals surface area (Å²) in [5, 5.41) is 10.3. The lowest BCUT2D eigenvalue weighted by Crippen LogP contribution is -2.19. The number of nitrogens with one attached hydrogen (secondary N) is 1. The second kappa shape index (κ2) is 11.7. The minimum atomic E-state index is -0.500. The van der Waals surface area contributed by atoms with Crippen LogP contribution in [0.15, 0.2) is 18.3 Å². The Kier molecular flexibility index (Phi) is 11.0. The quantitative estimate of drug-likeness (QED) is 0.557.